The molecule has 0 amide bonds. The zero-order chi connectivity index (χ0) is 9.78. The zero-order valence-corrected chi connectivity index (χ0v) is 8.05. The molecule has 72 valence electrons. The van der Waals surface area contributed by atoms with E-state index in [2.05, 4.69) is 8.92 Å². The van der Waals surface area contributed by atoms with Gasteiger partial charge in [0.2, 0.25) is 0 Å². The fourth-order valence-corrected chi connectivity index (χ4v) is 1.16. The molecule has 1 atom stereocenters. The molecule has 5 nitrogen and oxygen atoms in total. The third-order valence-electron chi connectivity index (χ3n) is 0.938. The predicted octanol–water partition coefficient (Wildman–Crippen LogP) is -0.0858. The van der Waals surface area contributed by atoms with Gasteiger partial charge in [0.25, 0.3) is 10.1 Å². The van der Waals surface area contributed by atoms with Crippen LogP contribution in [0.5, 0.6) is 0 Å². The number of hydrogen-bond donors (Lipinski definition) is 0. The zero-order valence-electron chi connectivity index (χ0n) is 7.23. The molecule has 0 aromatic carbocycles. The maximum atomic E-state index is 10.8. The number of esters is 1. The summed E-state index contributed by atoms with van der Waals surface area (Å²) in [5, 5.41) is 0. The van der Waals surface area contributed by atoms with Crippen molar-refractivity contribution in [2.24, 2.45) is 0 Å². The van der Waals surface area contributed by atoms with Crippen LogP contribution in [0.15, 0.2) is 0 Å². The molecule has 6 heteroatoms. The average Bonchev–Trinajstić information content (AvgIpc) is 1.84. The van der Waals surface area contributed by atoms with Crippen LogP contribution in [0.25, 0.3) is 0 Å². The van der Waals surface area contributed by atoms with Crippen molar-refractivity contribution < 1.29 is 22.1 Å². The third kappa shape index (κ3) is 5.09. The van der Waals surface area contributed by atoms with Crippen molar-refractivity contribution in [3.8, 4) is 0 Å². The highest BCUT2D eigenvalue weighted by Crippen LogP contribution is 1.98. The van der Waals surface area contributed by atoms with Gasteiger partial charge in [-0.25, -0.2) is 4.79 Å². The van der Waals surface area contributed by atoms with Crippen molar-refractivity contribution in [3.05, 3.63) is 0 Å². The van der Waals surface area contributed by atoms with Crippen LogP contribution in [-0.2, 0) is 23.8 Å². The second kappa shape index (κ2) is 4.42. The van der Waals surface area contributed by atoms with Gasteiger partial charge in [-0.3, -0.25) is 4.18 Å². The van der Waals surface area contributed by atoms with Crippen LogP contribution in [-0.4, -0.2) is 33.4 Å². The van der Waals surface area contributed by atoms with E-state index in [1.165, 1.54) is 6.92 Å². The lowest BCUT2D eigenvalue weighted by molar-refractivity contribution is -0.150. The van der Waals surface area contributed by atoms with E-state index in [9.17, 15) is 13.2 Å². The van der Waals surface area contributed by atoms with E-state index in [-0.39, 0.29) is 6.61 Å². The van der Waals surface area contributed by atoms with E-state index in [1.54, 1.807) is 6.92 Å². The molecule has 0 heterocycles. The van der Waals surface area contributed by atoms with E-state index >= 15 is 0 Å². The van der Waals surface area contributed by atoms with Crippen LogP contribution >= 0.6 is 0 Å². The quantitative estimate of drug-likeness (QED) is 0.464. The van der Waals surface area contributed by atoms with Gasteiger partial charge in [-0.15, -0.1) is 0 Å². The molecule has 0 spiro atoms. The fourth-order valence-electron chi connectivity index (χ4n) is 0.561. The van der Waals surface area contributed by atoms with Crippen molar-refractivity contribution in [2.75, 3.05) is 12.9 Å². The lowest BCUT2D eigenvalue weighted by Gasteiger charge is -2.08. The molecule has 12 heavy (non-hydrogen) atoms. The molecule has 0 aromatic heterocycles. The van der Waals surface area contributed by atoms with Gasteiger partial charge in [-0.2, -0.15) is 8.42 Å². The van der Waals surface area contributed by atoms with Gasteiger partial charge >= 0.3 is 5.97 Å². The Morgan fingerprint density at radius 1 is 1.50 bits per heavy atom. The summed E-state index contributed by atoms with van der Waals surface area (Å²) in [7, 11) is -3.59. The first kappa shape index (κ1) is 11.4. The molecule has 0 aliphatic carbocycles. The average molecular weight is 196 g/mol. The summed E-state index contributed by atoms with van der Waals surface area (Å²) >= 11 is 0. The molecular formula is C6H12O5S. The van der Waals surface area contributed by atoms with Gasteiger partial charge in [0.1, 0.15) is 0 Å². The van der Waals surface area contributed by atoms with Crippen molar-refractivity contribution in [1.29, 1.82) is 0 Å². The molecule has 0 rings (SSSR count). The Morgan fingerprint density at radius 2 is 2.00 bits per heavy atom. The van der Waals surface area contributed by atoms with Crippen LogP contribution < -0.4 is 0 Å². The Labute approximate surface area is 71.8 Å². The van der Waals surface area contributed by atoms with E-state index in [1.807, 2.05) is 0 Å². The summed E-state index contributed by atoms with van der Waals surface area (Å²) in [6, 6.07) is 0. The SMILES string of the molecule is CCOC(=O)[C@@H](C)OS(C)(=O)=O. The highest BCUT2D eigenvalue weighted by molar-refractivity contribution is 7.86. The first-order valence-electron chi connectivity index (χ1n) is 3.41. The van der Waals surface area contributed by atoms with Crippen LogP contribution in [0.4, 0.5) is 0 Å². The topological polar surface area (TPSA) is 69.7 Å². The second-order valence-corrected chi connectivity index (χ2v) is 3.80. The molecule has 0 aromatic rings. The van der Waals surface area contributed by atoms with Crippen LogP contribution in [0, 0.1) is 0 Å². The summed E-state index contributed by atoms with van der Waals surface area (Å²) < 4.78 is 29.9. The van der Waals surface area contributed by atoms with Gasteiger partial charge in [0.05, 0.1) is 12.9 Å². The highest BCUT2D eigenvalue weighted by atomic mass is 32.2. The summed E-state index contributed by atoms with van der Waals surface area (Å²) in [6.07, 6.45) is -0.192. The maximum absolute atomic E-state index is 10.8. The third-order valence-corrected chi connectivity index (χ3v) is 1.58. The number of carbonyl (C=O) groups is 1. The van der Waals surface area contributed by atoms with Crippen molar-refractivity contribution in [1.82, 2.24) is 0 Å². The molecule has 0 saturated carbocycles. The minimum atomic E-state index is -3.59. The molecule has 0 aliphatic heterocycles. The molecule has 0 fully saturated rings. The second-order valence-electron chi connectivity index (χ2n) is 2.19. The summed E-state index contributed by atoms with van der Waals surface area (Å²) in [5.41, 5.74) is 0. The smallest absolute Gasteiger partial charge is 0.336 e. The van der Waals surface area contributed by atoms with Crippen molar-refractivity contribution >= 4 is 16.1 Å². The van der Waals surface area contributed by atoms with Gasteiger partial charge in [-0.1, -0.05) is 0 Å². The first-order chi connectivity index (χ1) is 5.37. The van der Waals surface area contributed by atoms with Crippen LogP contribution in [0.1, 0.15) is 13.8 Å². The Balaban J connectivity index is 4.05. The summed E-state index contributed by atoms with van der Waals surface area (Å²) in [5.74, 6) is -0.678. The largest absolute Gasteiger partial charge is 0.464 e. The van der Waals surface area contributed by atoms with Gasteiger partial charge in [-0.05, 0) is 13.8 Å². The predicted molar refractivity (Wildman–Crippen MR) is 42.0 cm³/mol. The molecule has 0 aliphatic rings. The number of carbonyl (C=O) groups excluding carboxylic acids is 1. The maximum Gasteiger partial charge on any atom is 0.336 e. The molecule has 0 radical (unpaired) electrons. The van der Waals surface area contributed by atoms with Crippen molar-refractivity contribution in [2.45, 2.75) is 20.0 Å². The van der Waals surface area contributed by atoms with E-state index in [0.29, 0.717) is 0 Å². The number of rotatable bonds is 4. The van der Waals surface area contributed by atoms with Gasteiger partial charge in [0, 0.05) is 0 Å². The van der Waals surface area contributed by atoms with E-state index in [4.69, 9.17) is 0 Å². The van der Waals surface area contributed by atoms with E-state index < -0.39 is 22.2 Å². The summed E-state index contributed by atoms with van der Waals surface area (Å²) in [6.45, 7) is 3.15. The molecular weight excluding hydrogens is 184 g/mol. The van der Waals surface area contributed by atoms with E-state index in [0.717, 1.165) is 6.26 Å². The normalized spacial score (nSPS) is 13.9. The number of ether oxygens (including phenoxy) is 1. The lowest BCUT2D eigenvalue weighted by Crippen LogP contribution is -2.25. The molecule has 0 unspecified atom stereocenters. The Bertz CT molecular complexity index is 243. The fraction of sp³-hybridized carbons (Fsp3) is 0.833. The number of hydrogen-bond acceptors (Lipinski definition) is 5. The highest BCUT2D eigenvalue weighted by Gasteiger charge is 2.19. The Morgan fingerprint density at radius 3 is 2.33 bits per heavy atom. The Kier molecular flexibility index (Phi) is 4.19. The monoisotopic (exact) mass is 196 g/mol. The summed E-state index contributed by atoms with van der Waals surface area (Å²) in [4.78, 5) is 10.8. The minimum absolute atomic E-state index is 0.205. The van der Waals surface area contributed by atoms with Crippen molar-refractivity contribution in [3.63, 3.8) is 0 Å². The first-order valence-corrected chi connectivity index (χ1v) is 5.23. The molecule has 0 saturated heterocycles. The standard InChI is InChI=1S/C6H12O5S/c1-4-10-6(7)5(2)11-12(3,8)9/h5H,4H2,1-3H3/t5-/m1/s1. The molecule has 0 N–H and O–H groups in total. The van der Waals surface area contributed by atoms with Crippen LogP contribution in [0.3, 0.4) is 0 Å². The van der Waals surface area contributed by atoms with Gasteiger partial charge < -0.3 is 4.74 Å². The van der Waals surface area contributed by atoms with Gasteiger partial charge in [0.15, 0.2) is 6.10 Å². The molecule has 0 bridgehead atoms. The lowest BCUT2D eigenvalue weighted by atomic mass is 10.4. The van der Waals surface area contributed by atoms with Crippen LogP contribution in [0.2, 0.25) is 0 Å². The Hall–Kier alpha value is -0.620. The minimum Gasteiger partial charge on any atom is -0.464 e.